The highest BCUT2D eigenvalue weighted by molar-refractivity contribution is 6.01. The number of carbonyl (C=O) groups excluding carboxylic acids is 3. The van der Waals surface area contributed by atoms with Crippen LogP contribution >= 0.6 is 0 Å². The number of ether oxygens (including phenoxy) is 1. The van der Waals surface area contributed by atoms with E-state index in [0.717, 1.165) is 19.3 Å². The summed E-state index contributed by atoms with van der Waals surface area (Å²) in [5.74, 6) is 1.84. The van der Waals surface area contributed by atoms with Gasteiger partial charge in [-0.3, -0.25) is 14.4 Å². The highest BCUT2D eigenvalue weighted by Gasteiger charge is 2.42. The molecule has 2 amide bonds. The number of hydroxylamine groups is 2. The summed E-state index contributed by atoms with van der Waals surface area (Å²) in [6.07, 6.45) is 7.42. The van der Waals surface area contributed by atoms with E-state index in [1.54, 1.807) is 0 Å². The maximum absolute atomic E-state index is 11.4. The Morgan fingerprint density at radius 2 is 2.05 bits per heavy atom. The van der Waals surface area contributed by atoms with Crippen molar-refractivity contribution in [2.75, 3.05) is 0 Å². The molecule has 2 atom stereocenters. The molecule has 1 aliphatic carbocycles. The number of imide groups is 1. The summed E-state index contributed by atoms with van der Waals surface area (Å²) in [7, 11) is 0. The molecule has 1 saturated carbocycles. The minimum Gasteiger partial charge on any atom is -0.429 e. The molecule has 0 bridgehead atoms. The molecule has 6 nitrogen and oxygen atoms in total. The number of rotatable bonds is 5. The number of terminal acetylenes is 1. The second-order valence-electron chi connectivity index (χ2n) is 4.67. The van der Waals surface area contributed by atoms with Gasteiger partial charge < -0.3 is 4.74 Å². The van der Waals surface area contributed by atoms with Crippen LogP contribution in [0.4, 0.5) is 4.79 Å². The fraction of sp³-hybridized carbons (Fsp3) is 0.615. The van der Waals surface area contributed by atoms with Crippen LogP contribution in [0.2, 0.25) is 0 Å². The molecular weight excluding hydrogens is 250 g/mol. The third-order valence-electron chi connectivity index (χ3n) is 3.17. The van der Waals surface area contributed by atoms with Crippen molar-refractivity contribution in [3.63, 3.8) is 0 Å². The van der Waals surface area contributed by atoms with Crippen LogP contribution in [-0.2, 0) is 19.2 Å². The third kappa shape index (κ3) is 3.47. The lowest BCUT2D eigenvalue weighted by molar-refractivity contribution is -0.177. The first-order valence-electron chi connectivity index (χ1n) is 6.29. The van der Waals surface area contributed by atoms with Gasteiger partial charge in [0.25, 0.3) is 11.8 Å². The van der Waals surface area contributed by atoms with Gasteiger partial charge in [0.1, 0.15) is 6.10 Å². The van der Waals surface area contributed by atoms with Crippen molar-refractivity contribution in [1.82, 2.24) is 5.06 Å². The number of hydrogen-bond donors (Lipinski definition) is 0. The van der Waals surface area contributed by atoms with E-state index in [2.05, 4.69) is 10.8 Å². The number of unbranched alkanes of at least 4 members (excludes halogenated alkanes) is 1. The van der Waals surface area contributed by atoms with Crippen molar-refractivity contribution in [3.05, 3.63) is 0 Å². The van der Waals surface area contributed by atoms with E-state index in [-0.39, 0.29) is 18.9 Å². The highest BCUT2D eigenvalue weighted by Crippen LogP contribution is 2.38. The SMILES string of the molecule is C#CCCC[C@@H]1CC1OC(=O)ON1C(=O)CCC1=O. The van der Waals surface area contributed by atoms with Crippen LogP contribution in [0.25, 0.3) is 0 Å². The number of nitrogens with zero attached hydrogens (tertiary/aromatic N) is 1. The van der Waals surface area contributed by atoms with Crippen LogP contribution < -0.4 is 0 Å². The normalized spacial score (nSPS) is 25.1. The van der Waals surface area contributed by atoms with Crippen molar-refractivity contribution in [2.24, 2.45) is 5.92 Å². The van der Waals surface area contributed by atoms with E-state index in [4.69, 9.17) is 11.2 Å². The molecule has 1 heterocycles. The summed E-state index contributed by atoms with van der Waals surface area (Å²) in [6, 6.07) is 0. The summed E-state index contributed by atoms with van der Waals surface area (Å²) in [6.45, 7) is 0. The van der Waals surface area contributed by atoms with Gasteiger partial charge in [0.05, 0.1) is 0 Å². The number of hydrogen-bond acceptors (Lipinski definition) is 5. The van der Waals surface area contributed by atoms with Crippen LogP contribution in [0.5, 0.6) is 0 Å². The molecule has 0 spiro atoms. The summed E-state index contributed by atoms with van der Waals surface area (Å²) in [4.78, 5) is 38.4. The van der Waals surface area contributed by atoms with Crippen LogP contribution in [0.3, 0.4) is 0 Å². The monoisotopic (exact) mass is 265 g/mol. The van der Waals surface area contributed by atoms with Gasteiger partial charge in [-0.1, -0.05) is 5.06 Å². The third-order valence-corrected chi connectivity index (χ3v) is 3.17. The molecule has 102 valence electrons. The van der Waals surface area contributed by atoms with E-state index in [0.29, 0.717) is 17.4 Å². The first-order valence-corrected chi connectivity index (χ1v) is 6.29. The zero-order chi connectivity index (χ0) is 13.8. The van der Waals surface area contributed by atoms with Crippen LogP contribution in [0.15, 0.2) is 0 Å². The smallest absolute Gasteiger partial charge is 0.429 e. The molecule has 2 rings (SSSR count). The zero-order valence-electron chi connectivity index (χ0n) is 10.5. The van der Waals surface area contributed by atoms with Crippen molar-refractivity contribution in [1.29, 1.82) is 0 Å². The predicted octanol–water partition coefficient (Wildman–Crippen LogP) is 1.40. The lowest BCUT2D eigenvalue weighted by Gasteiger charge is -2.12. The van der Waals surface area contributed by atoms with Crippen LogP contribution in [-0.4, -0.2) is 29.1 Å². The summed E-state index contributed by atoms with van der Waals surface area (Å²) >= 11 is 0. The van der Waals surface area contributed by atoms with Crippen molar-refractivity contribution >= 4 is 18.0 Å². The van der Waals surface area contributed by atoms with E-state index in [1.165, 1.54) is 0 Å². The molecule has 1 unspecified atom stereocenters. The Morgan fingerprint density at radius 3 is 2.68 bits per heavy atom. The first-order chi connectivity index (χ1) is 9.11. The second kappa shape index (κ2) is 5.74. The Kier molecular flexibility index (Phi) is 4.05. The fourth-order valence-electron chi connectivity index (χ4n) is 2.01. The molecule has 0 N–H and O–H groups in total. The lowest BCUT2D eigenvalue weighted by atomic mass is 10.2. The van der Waals surface area contributed by atoms with Gasteiger partial charge in [-0.05, 0) is 25.2 Å². The van der Waals surface area contributed by atoms with Crippen molar-refractivity contribution < 1.29 is 24.0 Å². The molecule has 2 aliphatic rings. The van der Waals surface area contributed by atoms with E-state index < -0.39 is 18.0 Å². The molecule has 1 saturated heterocycles. The molecule has 6 heteroatoms. The van der Waals surface area contributed by atoms with Gasteiger partial charge in [0.2, 0.25) is 0 Å². The summed E-state index contributed by atoms with van der Waals surface area (Å²) in [5, 5.41) is 0.484. The maximum Gasteiger partial charge on any atom is 0.534 e. The average molecular weight is 265 g/mol. The molecular formula is C13H15NO5. The maximum atomic E-state index is 11.4. The molecule has 2 fully saturated rings. The van der Waals surface area contributed by atoms with Crippen LogP contribution in [0.1, 0.15) is 38.5 Å². The van der Waals surface area contributed by atoms with Gasteiger partial charge in [0.15, 0.2) is 0 Å². The van der Waals surface area contributed by atoms with Gasteiger partial charge in [-0.15, -0.1) is 12.3 Å². The van der Waals surface area contributed by atoms with Crippen LogP contribution in [0, 0.1) is 18.3 Å². The molecule has 0 aromatic heterocycles. The molecule has 0 aromatic rings. The van der Waals surface area contributed by atoms with Crippen molar-refractivity contribution in [2.45, 2.75) is 44.6 Å². The Balaban J connectivity index is 1.67. The molecule has 1 aliphatic heterocycles. The quantitative estimate of drug-likeness (QED) is 0.325. The number of carbonyl (C=O) groups is 3. The molecule has 0 radical (unpaired) electrons. The average Bonchev–Trinajstić information content (AvgIpc) is 3.03. The van der Waals surface area contributed by atoms with E-state index in [9.17, 15) is 14.4 Å². The minimum absolute atomic E-state index is 0.0737. The summed E-state index contributed by atoms with van der Waals surface area (Å²) in [5.41, 5.74) is 0. The highest BCUT2D eigenvalue weighted by atomic mass is 16.8. The molecule has 19 heavy (non-hydrogen) atoms. The van der Waals surface area contributed by atoms with E-state index in [1.807, 2.05) is 0 Å². The summed E-state index contributed by atoms with van der Waals surface area (Å²) < 4.78 is 5.00. The Labute approximate surface area is 111 Å². The van der Waals surface area contributed by atoms with E-state index >= 15 is 0 Å². The molecule has 0 aromatic carbocycles. The zero-order valence-corrected chi connectivity index (χ0v) is 10.5. The topological polar surface area (TPSA) is 72.9 Å². The first kappa shape index (κ1) is 13.4. The van der Waals surface area contributed by atoms with Gasteiger partial charge in [0, 0.05) is 19.3 Å². The largest absolute Gasteiger partial charge is 0.534 e. The second-order valence-corrected chi connectivity index (χ2v) is 4.67. The Morgan fingerprint density at radius 1 is 1.37 bits per heavy atom. The van der Waals surface area contributed by atoms with Gasteiger partial charge in [-0.25, -0.2) is 4.79 Å². The Bertz CT molecular complexity index is 423. The predicted molar refractivity (Wildman–Crippen MR) is 63.2 cm³/mol. The lowest BCUT2D eigenvalue weighted by Crippen LogP contribution is -2.32. The number of amides is 2. The minimum atomic E-state index is -0.993. The standard InChI is InChI=1S/C13H15NO5/c1-2-3-4-5-9-8-10(9)18-13(17)19-14-11(15)6-7-12(14)16/h1,9-10H,3-8H2/t9-,10?/m1/s1. The van der Waals surface area contributed by atoms with Gasteiger partial charge >= 0.3 is 6.16 Å². The van der Waals surface area contributed by atoms with Crippen molar-refractivity contribution in [3.8, 4) is 12.3 Å². The fourth-order valence-corrected chi connectivity index (χ4v) is 2.01. The van der Waals surface area contributed by atoms with Gasteiger partial charge in [-0.2, -0.15) is 0 Å². The Hall–Kier alpha value is -2.03.